The van der Waals surface area contributed by atoms with Gasteiger partial charge in [0.2, 0.25) is 0 Å². The number of nitrogens with one attached hydrogen (secondary N) is 3. The maximum atomic E-state index is 12.8. The number of aromatic nitrogens is 2. The summed E-state index contributed by atoms with van der Waals surface area (Å²) in [6.45, 7) is 3.55. The number of hydrogen-bond donors (Lipinski definition) is 3. The summed E-state index contributed by atoms with van der Waals surface area (Å²) >= 11 is 6.05. The van der Waals surface area contributed by atoms with Gasteiger partial charge in [-0.3, -0.25) is 9.89 Å². The van der Waals surface area contributed by atoms with Crippen molar-refractivity contribution in [3.05, 3.63) is 51.8 Å². The monoisotopic (exact) mass is 374 g/mol. The van der Waals surface area contributed by atoms with Crippen molar-refractivity contribution in [2.75, 3.05) is 26.3 Å². The maximum Gasteiger partial charge on any atom is 0.272 e. The SMILES string of the molecule is O=C(NCC1(c2ccc(Cl)cc2)CCOCC1)c1n[nH]c2c1CNCC2. The van der Waals surface area contributed by atoms with Crippen LogP contribution < -0.4 is 10.6 Å². The van der Waals surface area contributed by atoms with E-state index >= 15 is 0 Å². The second-order valence-corrected chi connectivity index (χ2v) is 7.47. The van der Waals surface area contributed by atoms with Crippen molar-refractivity contribution >= 4 is 17.5 Å². The van der Waals surface area contributed by atoms with E-state index in [9.17, 15) is 4.79 Å². The van der Waals surface area contributed by atoms with Gasteiger partial charge in [-0.1, -0.05) is 23.7 Å². The molecule has 0 atom stereocenters. The Balaban J connectivity index is 1.52. The lowest BCUT2D eigenvalue weighted by Gasteiger charge is -2.38. The van der Waals surface area contributed by atoms with Crippen LogP contribution in [0.1, 0.15) is 40.2 Å². The second kappa shape index (κ2) is 7.39. The van der Waals surface area contributed by atoms with Gasteiger partial charge >= 0.3 is 0 Å². The number of fused-ring (bicyclic) bond motifs is 1. The third kappa shape index (κ3) is 3.37. The molecule has 1 aromatic heterocycles. The van der Waals surface area contributed by atoms with E-state index in [4.69, 9.17) is 16.3 Å². The molecule has 0 radical (unpaired) electrons. The van der Waals surface area contributed by atoms with E-state index in [-0.39, 0.29) is 11.3 Å². The van der Waals surface area contributed by atoms with Gasteiger partial charge in [0.1, 0.15) is 0 Å². The second-order valence-electron chi connectivity index (χ2n) is 7.04. The molecule has 2 aromatic rings. The highest BCUT2D eigenvalue weighted by Gasteiger charge is 2.35. The normalized spacial score (nSPS) is 19.0. The number of aromatic amines is 1. The molecule has 1 amide bonds. The molecule has 0 spiro atoms. The minimum Gasteiger partial charge on any atom is -0.381 e. The van der Waals surface area contributed by atoms with Gasteiger partial charge in [-0.05, 0) is 30.5 Å². The Bertz CT molecular complexity index is 781. The molecule has 1 saturated heterocycles. The number of hydrogen-bond acceptors (Lipinski definition) is 4. The molecular formula is C19H23ClN4O2. The molecule has 0 saturated carbocycles. The summed E-state index contributed by atoms with van der Waals surface area (Å²) in [5.74, 6) is -0.119. The molecule has 2 aliphatic rings. The number of benzene rings is 1. The van der Waals surface area contributed by atoms with Gasteiger partial charge in [0, 0.05) is 61.0 Å². The first-order valence-electron chi connectivity index (χ1n) is 9.07. The summed E-state index contributed by atoms with van der Waals surface area (Å²) in [6.07, 6.45) is 2.62. The highest BCUT2D eigenvalue weighted by molar-refractivity contribution is 6.30. The highest BCUT2D eigenvalue weighted by atomic mass is 35.5. The minimum atomic E-state index is -0.132. The summed E-state index contributed by atoms with van der Waals surface area (Å²) in [7, 11) is 0. The van der Waals surface area contributed by atoms with Gasteiger partial charge in [-0.15, -0.1) is 0 Å². The molecule has 1 aromatic carbocycles. The fraction of sp³-hybridized carbons (Fsp3) is 0.474. The van der Waals surface area contributed by atoms with E-state index in [1.807, 2.05) is 12.1 Å². The summed E-state index contributed by atoms with van der Waals surface area (Å²) < 4.78 is 5.56. The van der Waals surface area contributed by atoms with Crippen LogP contribution in [0.15, 0.2) is 24.3 Å². The Morgan fingerprint density at radius 3 is 2.81 bits per heavy atom. The summed E-state index contributed by atoms with van der Waals surface area (Å²) in [5.41, 5.74) is 3.61. The molecule has 0 bridgehead atoms. The number of H-pyrrole nitrogens is 1. The number of amides is 1. The van der Waals surface area contributed by atoms with Gasteiger partial charge < -0.3 is 15.4 Å². The third-order valence-corrected chi connectivity index (χ3v) is 5.77. The lowest BCUT2D eigenvalue weighted by molar-refractivity contribution is 0.0486. The van der Waals surface area contributed by atoms with E-state index in [0.717, 1.165) is 42.1 Å². The Hall–Kier alpha value is -1.89. The molecule has 26 heavy (non-hydrogen) atoms. The summed E-state index contributed by atoms with van der Waals surface area (Å²) in [5, 5.41) is 14.4. The third-order valence-electron chi connectivity index (χ3n) is 5.52. The number of rotatable bonds is 4. The quantitative estimate of drug-likeness (QED) is 0.766. The summed E-state index contributed by atoms with van der Waals surface area (Å²) in [4.78, 5) is 12.8. The molecular weight excluding hydrogens is 352 g/mol. The van der Waals surface area contributed by atoms with E-state index in [1.54, 1.807) is 0 Å². The van der Waals surface area contributed by atoms with Crippen molar-refractivity contribution in [3.8, 4) is 0 Å². The lowest BCUT2D eigenvalue weighted by atomic mass is 9.74. The predicted octanol–water partition coefficient (Wildman–Crippen LogP) is 2.19. The molecule has 0 unspecified atom stereocenters. The molecule has 4 rings (SSSR count). The van der Waals surface area contributed by atoms with E-state index in [2.05, 4.69) is 33.0 Å². The van der Waals surface area contributed by atoms with Crippen LogP contribution in [0.25, 0.3) is 0 Å². The van der Waals surface area contributed by atoms with Crippen LogP contribution in [-0.4, -0.2) is 42.4 Å². The average Bonchev–Trinajstić information content (AvgIpc) is 3.12. The fourth-order valence-corrected chi connectivity index (χ4v) is 4.01. The molecule has 3 N–H and O–H groups in total. The van der Waals surface area contributed by atoms with E-state index in [0.29, 0.717) is 32.0 Å². The zero-order chi connectivity index (χ0) is 18.0. The van der Waals surface area contributed by atoms with Crippen LogP contribution in [0.2, 0.25) is 5.02 Å². The molecule has 0 aliphatic carbocycles. The standard InChI is InChI=1S/C19H23ClN4O2/c20-14-3-1-13(2-4-14)19(6-9-26-10-7-19)12-22-18(25)17-15-11-21-8-5-16(15)23-24-17/h1-4,21H,5-12H2,(H,22,25)(H,23,24). The van der Waals surface area contributed by atoms with E-state index in [1.165, 1.54) is 5.56 Å². The molecule has 7 heteroatoms. The van der Waals surface area contributed by atoms with Crippen molar-refractivity contribution in [3.63, 3.8) is 0 Å². The zero-order valence-corrected chi connectivity index (χ0v) is 15.4. The first-order chi connectivity index (χ1) is 12.7. The number of nitrogens with zero attached hydrogens (tertiary/aromatic N) is 1. The number of carbonyl (C=O) groups excluding carboxylic acids is 1. The van der Waals surface area contributed by atoms with Gasteiger partial charge in [0.15, 0.2) is 5.69 Å². The zero-order valence-electron chi connectivity index (χ0n) is 14.6. The molecule has 138 valence electrons. The van der Waals surface area contributed by atoms with Gasteiger partial charge in [0.05, 0.1) is 0 Å². The van der Waals surface area contributed by atoms with Gasteiger partial charge in [-0.25, -0.2) is 0 Å². The van der Waals surface area contributed by atoms with Crippen LogP contribution in [0.3, 0.4) is 0 Å². The molecule has 3 heterocycles. The van der Waals surface area contributed by atoms with Gasteiger partial charge in [0.25, 0.3) is 5.91 Å². The van der Waals surface area contributed by atoms with Crippen molar-refractivity contribution in [1.29, 1.82) is 0 Å². The Morgan fingerprint density at radius 1 is 1.27 bits per heavy atom. The van der Waals surface area contributed by atoms with Crippen LogP contribution in [0.4, 0.5) is 0 Å². The van der Waals surface area contributed by atoms with Crippen LogP contribution in [0.5, 0.6) is 0 Å². The Labute approximate surface area is 157 Å². The topological polar surface area (TPSA) is 79.0 Å². The van der Waals surface area contributed by atoms with Crippen molar-refractivity contribution in [1.82, 2.24) is 20.8 Å². The van der Waals surface area contributed by atoms with E-state index < -0.39 is 0 Å². The maximum absolute atomic E-state index is 12.8. The van der Waals surface area contributed by atoms with Crippen molar-refractivity contribution < 1.29 is 9.53 Å². The minimum absolute atomic E-state index is 0.119. The lowest BCUT2D eigenvalue weighted by Crippen LogP contribution is -2.45. The average molecular weight is 375 g/mol. The van der Waals surface area contributed by atoms with Gasteiger partial charge in [-0.2, -0.15) is 5.10 Å². The fourth-order valence-electron chi connectivity index (χ4n) is 3.88. The van der Waals surface area contributed by atoms with Crippen molar-refractivity contribution in [2.45, 2.75) is 31.2 Å². The Kier molecular flexibility index (Phi) is 4.98. The first kappa shape index (κ1) is 17.5. The summed E-state index contributed by atoms with van der Waals surface area (Å²) in [6, 6.07) is 7.93. The molecule has 2 aliphatic heterocycles. The van der Waals surface area contributed by atoms with Crippen molar-refractivity contribution in [2.24, 2.45) is 0 Å². The molecule has 1 fully saturated rings. The smallest absolute Gasteiger partial charge is 0.272 e. The van der Waals surface area contributed by atoms with Crippen LogP contribution >= 0.6 is 11.6 Å². The highest BCUT2D eigenvalue weighted by Crippen LogP contribution is 2.35. The number of ether oxygens (including phenoxy) is 1. The molecule has 6 nitrogen and oxygen atoms in total. The number of carbonyl (C=O) groups is 1. The first-order valence-corrected chi connectivity index (χ1v) is 9.45. The van der Waals surface area contributed by atoms with Crippen LogP contribution in [0, 0.1) is 0 Å². The predicted molar refractivity (Wildman–Crippen MR) is 99.5 cm³/mol. The largest absolute Gasteiger partial charge is 0.381 e. The Morgan fingerprint density at radius 2 is 2.04 bits per heavy atom. The number of halogens is 1. The van der Waals surface area contributed by atoms with Crippen LogP contribution in [-0.2, 0) is 23.1 Å².